The van der Waals surface area contributed by atoms with Crippen LogP contribution in [0.3, 0.4) is 0 Å². The Labute approximate surface area is 144 Å². The van der Waals surface area contributed by atoms with Crippen LogP contribution in [-0.4, -0.2) is 13.4 Å². The maximum Gasteiger partial charge on any atom is 0.262 e. The van der Waals surface area contributed by atoms with Crippen molar-refractivity contribution in [3.05, 3.63) is 64.2 Å². The summed E-state index contributed by atoms with van der Waals surface area (Å²) in [5, 5.41) is 2.87. The van der Waals surface area contributed by atoms with Gasteiger partial charge in [0.15, 0.2) is 0 Å². The maximum absolute atomic E-state index is 13.2. The van der Waals surface area contributed by atoms with Crippen LogP contribution in [0.15, 0.2) is 52.7 Å². The molecule has 1 N–H and O–H groups in total. The Hall–Kier alpha value is -2.25. The zero-order valence-electron chi connectivity index (χ0n) is 13.1. The number of thiazole rings is 1. The molecule has 0 atom stereocenters. The van der Waals surface area contributed by atoms with Gasteiger partial charge in [0.2, 0.25) is 0 Å². The second-order valence-corrected chi connectivity index (χ2v) is 8.06. The summed E-state index contributed by atoms with van der Waals surface area (Å²) in [7, 11) is -3.79. The van der Waals surface area contributed by atoms with Crippen LogP contribution in [0.1, 0.15) is 10.6 Å². The SMILES string of the molecule is Cc1nc(-c2cccc(NS(=O)(=O)c3ccc(F)cc3C)c2)cs1. The molecule has 0 aliphatic carbocycles. The normalized spacial score (nSPS) is 11.5. The lowest BCUT2D eigenvalue weighted by Crippen LogP contribution is -2.14. The van der Waals surface area contributed by atoms with E-state index < -0.39 is 15.8 Å². The lowest BCUT2D eigenvalue weighted by atomic mass is 10.1. The number of nitrogens with zero attached hydrogens (tertiary/aromatic N) is 1. The molecule has 0 saturated carbocycles. The first kappa shape index (κ1) is 16.6. The van der Waals surface area contributed by atoms with E-state index in [9.17, 15) is 12.8 Å². The first-order chi connectivity index (χ1) is 11.3. The van der Waals surface area contributed by atoms with E-state index in [0.717, 1.165) is 22.3 Å². The molecule has 0 aliphatic rings. The van der Waals surface area contributed by atoms with E-state index in [2.05, 4.69) is 9.71 Å². The molecule has 0 amide bonds. The summed E-state index contributed by atoms with van der Waals surface area (Å²) in [5.74, 6) is -0.465. The van der Waals surface area contributed by atoms with Crippen LogP contribution >= 0.6 is 11.3 Å². The van der Waals surface area contributed by atoms with Crippen molar-refractivity contribution in [1.82, 2.24) is 4.98 Å². The van der Waals surface area contributed by atoms with Crippen LogP contribution < -0.4 is 4.72 Å². The van der Waals surface area contributed by atoms with Gasteiger partial charge in [0.05, 0.1) is 15.6 Å². The van der Waals surface area contributed by atoms with Gasteiger partial charge in [-0.25, -0.2) is 17.8 Å². The van der Waals surface area contributed by atoms with Crippen LogP contribution in [0.25, 0.3) is 11.3 Å². The third-order valence-electron chi connectivity index (χ3n) is 3.46. The number of aryl methyl sites for hydroxylation is 2. The minimum atomic E-state index is -3.79. The number of nitrogens with one attached hydrogen (secondary N) is 1. The summed E-state index contributed by atoms with van der Waals surface area (Å²) in [4.78, 5) is 4.45. The highest BCUT2D eigenvalue weighted by Crippen LogP contribution is 2.26. The monoisotopic (exact) mass is 362 g/mol. The number of hydrogen-bond donors (Lipinski definition) is 1. The molecular formula is C17H15FN2O2S2. The Morgan fingerprint density at radius 3 is 2.58 bits per heavy atom. The highest BCUT2D eigenvalue weighted by atomic mass is 32.2. The predicted octanol–water partition coefficient (Wildman–Crippen LogP) is 4.37. The van der Waals surface area contributed by atoms with E-state index in [1.807, 2.05) is 18.4 Å². The quantitative estimate of drug-likeness (QED) is 0.750. The van der Waals surface area contributed by atoms with Gasteiger partial charge in [-0.3, -0.25) is 4.72 Å². The van der Waals surface area contributed by atoms with Crippen molar-refractivity contribution in [3.63, 3.8) is 0 Å². The van der Waals surface area contributed by atoms with Crippen molar-refractivity contribution in [2.75, 3.05) is 4.72 Å². The molecule has 2 aromatic carbocycles. The topological polar surface area (TPSA) is 59.1 Å². The van der Waals surface area contributed by atoms with Gasteiger partial charge in [0, 0.05) is 16.6 Å². The molecule has 1 heterocycles. The highest BCUT2D eigenvalue weighted by molar-refractivity contribution is 7.92. The third kappa shape index (κ3) is 3.47. The van der Waals surface area contributed by atoms with Crippen molar-refractivity contribution in [2.45, 2.75) is 18.7 Å². The van der Waals surface area contributed by atoms with Gasteiger partial charge in [-0.05, 0) is 49.7 Å². The van der Waals surface area contributed by atoms with Gasteiger partial charge in [-0.2, -0.15) is 0 Å². The second-order valence-electron chi connectivity index (χ2n) is 5.35. The van der Waals surface area contributed by atoms with Crippen molar-refractivity contribution in [2.24, 2.45) is 0 Å². The number of rotatable bonds is 4. The third-order valence-corrected chi connectivity index (χ3v) is 5.77. The summed E-state index contributed by atoms with van der Waals surface area (Å²) in [6, 6.07) is 10.6. The molecule has 0 fully saturated rings. The summed E-state index contributed by atoms with van der Waals surface area (Å²) >= 11 is 1.53. The number of benzene rings is 2. The van der Waals surface area contributed by atoms with Gasteiger partial charge < -0.3 is 0 Å². The van der Waals surface area contributed by atoms with Crippen LogP contribution in [0.5, 0.6) is 0 Å². The molecule has 0 bridgehead atoms. The van der Waals surface area contributed by atoms with E-state index in [1.54, 1.807) is 25.1 Å². The molecule has 124 valence electrons. The molecule has 3 aromatic rings. The van der Waals surface area contributed by atoms with Gasteiger partial charge in [-0.1, -0.05) is 12.1 Å². The molecule has 0 spiro atoms. The molecule has 0 saturated heterocycles. The largest absolute Gasteiger partial charge is 0.280 e. The lowest BCUT2D eigenvalue weighted by molar-refractivity contribution is 0.598. The highest BCUT2D eigenvalue weighted by Gasteiger charge is 2.17. The average Bonchev–Trinajstić information content (AvgIpc) is 2.93. The summed E-state index contributed by atoms with van der Waals surface area (Å²) in [6.07, 6.45) is 0. The maximum atomic E-state index is 13.2. The number of anilines is 1. The van der Waals surface area contributed by atoms with Gasteiger partial charge in [-0.15, -0.1) is 11.3 Å². The summed E-state index contributed by atoms with van der Waals surface area (Å²) in [6.45, 7) is 3.48. The van der Waals surface area contributed by atoms with Crippen LogP contribution in [0, 0.1) is 19.7 Å². The molecule has 4 nitrogen and oxygen atoms in total. The first-order valence-corrected chi connectivity index (χ1v) is 9.53. The zero-order chi connectivity index (χ0) is 17.3. The average molecular weight is 362 g/mol. The number of hydrogen-bond acceptors (Lipinski definition) is 4. The van der Waals surface area contributed by atoms with Crippen LogP contribution in [-0.2, 0) is 10.0 Å². The van der Waals surface area contributed by atoms with Gasteiger partial charge in [0.1, 0.15) is 5.82 Å². The minimum absolute atomic E-state index is 0.0544. The van der Waals surface area contributed by atoms with Crippen molar-refractivity contribution in [3.8, 4) is 11.3 Å². The predicted molar refractivity (Wildman–Crippen MR) is 94.2 cm³/mol. The molecule has 0 aliphatic heterocycles. The Balaban J connectivity index is 1.93. The molecule has 3 rings (SSSR count). The second kappa shape index (κ2) is 6.33. The van der Waals surface area contributed by atoms with E-state index in [4.69, 9.17) is 0 Å². The molecule has 0 radical (unpaired) electrons. The summed E-state index contributed by atoms with van der Waals surface area (Å²) < 4.78 is 40.8. The lowest BCUT2D eigenvalue weighted by Gasteiger charge is -2.11. The summed E-state index contributed by atoms with van der Waals surface area (Å²) in [5.41, 5.74) is 2.42. The fourth-order valence-corrected chi connectivity index (χ4v) is 4.26. The van der Waals surface area contributed by atoms with E-state index in [1.165, 1.54) is 23.5 Å². The number of aromatic nitrogens is 1. The van der Waals surface area contributed by atoms with Crippen molar-refractivity contribution < 1.29 is 12.8 Å². The Morgan fingerprint density at radius 1 is 1.12 bits per heavy atom. The Morgan fingerprint density at radius 2 is 1.92 bits per heavy atom. The molecular weight excluding hydrogens is 347 g/mol. The van der Waals surface area contributed by atoms with Crippen molar-refractivity contribution >= 4 is 27.0 Å². The standard InChI is InChI=1S/C17H15FN2O2S2/c1-11-8-14(18)6-7-17(11)24(21,22)20-15-5-3-4-13(9-15)16-10-23-12(2)19-16/h3-10,20H,1-2H3. The number of sulfonamides is 1. The zero-order valence-corrected chi connectivity index (χ0v) is 14.7. The molecule has 24 heavy (non-hydrogen) atoms. The smallest absolute Gasteiger partial charge is 0.262 e. The van der Waals surface area contributed by atoms with Gasteiger partial charge in [0.25, 0.3) is 10.0 Å². The minimum Gasteiger partial charge on any atom is -0.280 e. The fourth-order valence-electron chi connectivity index (χ4n) is 2.36. The molecule has 0 unspecified atom stereocenters. The fraction of sp³-hybridized carbons (Fsp3) is 0.118. The van der Waals surface area contributed by atoms with E-state index in [0.29, 0.717) is 11.3 Å². The first-order valence-electron chi connectivity index (χ1n) is 7.17. The number of halogens is 1. The Bertz CT molecular complexity index is 997. The van der Waals surface area contributed by atoms with Crippen LogP contribution in [0.4, 0.5) is 10.1 Å². The van der Waals surface area contributed by atoms with Crippen molar-refractivity contribution in [1.29, 1.82) is 0 Å². The molecule has 7 heteroatoms. The van der Waals surface area contributed by atoms with E-state index >= 15 is 0 Å². The Kier molecular flexibility index (Phi) is 4.38. The molecule has 1 aromatic heterocycles. The van der Waals surface area contributed by atoms with E-state index in [-0.39, 0.29) is 4.90 Å². The van der Waals surface area contributed by atoms with Crippen LogP contribution in [0.2, 0.25) is 0 Å². The van der Waals surface area contributed by atoms with Gasteiger partial charge >= 0.3 is 0 Å².